The summed E-state index contributed by atoms with van der Waals surface area (Å²) in [4.78, 5) is 12.5. The van der Waals surface area contributed by atoms with Gasteiger partial charge in [0.2, 0.25) is 5.91 Å². The predicted molar refractivity (Wildman–Crippen MR) is 205 cm³/mol. The Hall–Kier alpha value is -0.950. The lowest BCUT2D eigenvalue weighted by atomic mass is 9.98. The van der Waals surface area contributed by atoms with Gasteiger partial charge in [-0.3, -0.25) is 4.79 Å². The number of unbranched alkanes of at least 4 members (excludes halogenated alkanes) is 24. The van der Waals surface area contributed by atoms with Crippen LogP contribution in [0.15, 0.2) is 12.2 Å². The Morgan fingerprint density at radius 2 is 1.00 bits per heavy atom. The first-order chi connectivity index (χ1) is 23.4. The standard InChI is InChI=1S/C42H83NO5/c1-4-6-7-8-9-10-11-12-13-14-15-16-17-18-19-22-26-29-32-35-40(46)42(48)43-38(36-44)41(47)39(45)34-31-28-25-23-20-21-24-27-30-33-37(3)5-2/h29,32,37-41,44-47H,4-28,30-31,33-36H2,1-3H3,(H,43,48)/b32-29+/t37?,38-,39+,40+,41-/m0/s1. The summed E-state index contributed by atoms with van der Waals surface area (Å²) in [7, 11) is 0. The van der Waals surface area contributed by atoms with E-state index >= 15 is 0 Å². The molecule has 0 aromatic carbocycles. The summed E-state index contributed by atoms with van der Waals surface area (Å²) in [6, 6.07) is -1.00. The molecule has 6 heteroatoms. The van der Waals surface area contributed by atoms with E-state index in [1.54, 1.807) is 0 Å². The molecule has 6 nitrogen and oxygen atoms in total. The number of carbonyl (C=O) groups is 1. The van der Waals surface area contributed by atoms with E-state index in [0.29, 0.717) is 6.42 Å². The fourth-order valence-electron chi connectivity index (χ4n) is 6.50. The van der Waals surface area contributed by atoms with Crippen molar-refractivity contribution in [2.75, 3.05) is 6.61 Å². The van der Waals surface area contributed by atoms with Gasteiger partial charge in [-0.05, 0) is 25.2 Å². The second kappa shape index (κ2) is 35.9. The average molecular weight is 682 g/mol. The Labute approximate surface area is 298 Å². The predicted octanol–water partition coefficient (Wildman–Crippen LogP) is 10.5. The van der Waals surface area contributed by atoms with Crippen LogP contribution >= 0.6 is 0 Å². The second-order valence-electron chi connectivity index (χ2n) is 14.9. The van der Waals surface area contributed by atoms with Crippen molar-refractivity contribution in [2.24, 2.45) is 5.92 Å². The molecule has 0 heterocycles. The van der Waals surface area contributed by atoms with Gasteiger partial charge < -0.3 is 25.7 Å². The molecule has 5 N–H and O–H groups in total. The van der Waals surface area contributed by atoms with Gasteiger partial charge in [0.05, 0.1) is 18.8 Å². The molecule has 0 aliphatic heterocycles. The number of rotatable bonds is 37. The normalized spacial score (nSPS) is 15.1. The zero-order chi connectivity index (χ0) is 35.5. The number of nitrogens with one attached hydrogen (secondary N) is 1. The smallest absolute Gasteiger partial charge is 0.249 e. The monoisotopic (exact) mass is 682 g/mol. The summed E-state index contributed by atoms with van der Waals surface area (Å²) in [5.74, 6) is 0.220. The first-order valence-corrected chi connectivity index (χ1v) is 21.0. The first kappa shape index (κ1) is 47.0. The maximum Gasteiger partial charge on any atom is 0.249 e. The molecule has 0 bridgehead atoms. The number of amides is 1. The Kier molecular flexibility index (Phi) is 35.2. The van der Waals surface area contributed by atoms with Crippen LogP contribution < -0.4 is 5.32 Å². The molecule has 0 aliphatic carbocycles. The van der Waals surface area contributed by atoms with Crippen LogP contribution in [0.2, 0.25) is 0 Å². The van der Waals surface area contributed by atoms with Gasteiger partial charge in [0.1, 0.15) is 12.2 Å². The van der Waals surface area contributed by atoms with Crippen LogP contribution in [0.3, 0.4) is 0 Å². The highest BCUT2D eigenvalue weighted by Crippen LogP contribution is 2.17. The number of aliphatic hydroxyl groups is 4. The third-order valence-corrected chi connectivity index (χ3v) is 10.3. The van der Waals surface area contributed by atoms with Gasteiger partial charge in [0.25, 0.3) is 0 Å². The largest absolute Gasteiger partial charge is 0.394 e. The lowest BCUT2D eigenvalue weighted by Crippen LogP contribution is -2.53. The lowest BCUT2D eigenvalue weighted by molar-refractivity contribution is -0.132. The third kappa shape index (κ3) is 29.9. The van der Waals surface area contributed by atoms with E-state index in [1.807, 2.05) is 12.2 Å². The molecule has 0 fully saturated rings. The summed E-state index contributed by atoms with van der Waals surface area (Å²) in [6.45, 7) is 6.38. The van der Waals surface area contributed by atoms with Crippen LogP contribution in [-0.4, -0.2) is 57.3 Å². The molecule has 0 radical (unpaired) electrons. The molecule has 286 valence electrons. The fourth-order valence-corrected chi connectivity index (χ4v) is 6.50. The molecule has 5 atom stereocenters. The van der Waals surface area contributed by atoms with Crippen LogP contribution in [0.25, 0.3) is 0 Å². The van der Waals surface area contributed by atoms with Crippen LogP contribution in [0.4, 0.5) is 0 Å². The van der Waals surface area contributed by atoms with Gasteiger partial charge >= 0.3 is 0 Å². The SMILES string of the molecule is CCCCCCCCCCCCCCCCCC/C=C/C[C@@H](O)C(=O)N[C@@H](CO)[C@H](O)[C@H](O)CCCCCCCCCCCC(C)CC. The number of hydrogen-bond acceptors (Lipinski definition) is 5. The van der Waals surface area contributed by atoms with E-state index in [0.717, 1.165) is 38.0 Å². The number of carbonyl (C=O) groups excluding carboxylic acids is 1. The number of allylic oxidation sites excluding steroid dienone is 1. The summed E-state index contributed by atoms with van der Waals surface area (Å²) in [5.41, 5.74) is 0. The van der Waals surface area contributed by atoms with E-state index in [1.165, 1.54) is 148 Å². The topological polar surface area (TPSA) is 110 Å². The van der Waals surface area contributed by atoms with Gasteiger partial charge in [-0.1, -0.05) is 200 Å². The molecule has 0 aromatic rings. The molecule has 0 rings (SSSR count). The van der Waals surface area contributed by atoms with Crippen molar-refractivity contribution in [3.8, 4) is 0 Å². The molecule has 48 heavy (non-hydrogen) atoms. The highest BCUT2D eigenvalue weighted by molar-refractivity contribution is 5.81. The molecule has 0 saturated heterocycles. The van der Waals surface area contributed by atoms with Crippen LogP contribution in [-0.2, 0) is 4.79 Å². The van der Waals surface area contributed by atoms with Gasteiger partial charge in [-0.25, -0.2) is 0 Å². The molecule has 0 saturated carbocycles. The number of aliphatic hydroxyl groups excluding tert-OH is 4. The van der Waals surface area contributed by atoms with Crippen molar-refractivity contribution in [3.05, 3.63) is 12.2 Å². The van der Waals surface area contributed by atoms with E-state index in [2.05, 4.69) is 26.1 Å². The zero-order valence-corrected chi connectivity index (χ0v) is 32.2. The van der Waals surface area contributed by atoms with Crippen LogP contribution in [0.1, 0.15) is 213 Å². The molecule has 0 aromatic heterocycles. The van der Waals surface area contributed by atoms with E-state index in [-0.39, 0.29) is 6.42 Å². The van der Waals surface area contributed by atoms with Crippen LogP contribution in [0, 0.1) is 5.92 Å². The van der Waals surface area contributed by atoms with Crippen molar-refractivity contribution in [1.82, 2.24) is 5.32 Å². The molecule has 1 amide bonds. The Bertz CT molecular complexity index is 702. The highest BCUT2D eigenvalue weighted by atomic mass is 16.3. The maximum atomic E-state index is 12.5. The minimum absolute atomic E-state index is 0.194. The van der Waals surface area contributed by atoms with Crippen molar-refractivity contribution in [2.45, 2.75) is 238 Å². The highest BCUT2D eigenvalue weighted by Gasteiger charge is 2.28. The van der Waals surface area contributed by atoms with Crippen molar-refractivity contribution >= 4 is 5.91 Å². The number of hydrogen-bond donors (Lipinski definition) is 5. The maximum absolute atomic E-state index is 12.5. The van der Waals surface area contributed by atoms with E-state index < -0.39 is 36.9 Å². The average Bonchev–Trinajstić information content (AvgIpc) is 3.09. The molecule has 1 unspecified atom stereocenters. The fraction of sp³-hybridized carbons (Fsp3) is 0.929. The van der Waals surface area contributed by atoms with Crippen molar-refractivity contribution in [1.29, 1.82) is 0 Å². The minimum atomic E-state index is -1.27. The summed E-state index contributed by atoms with van der Waals surface area (Å²) in [5, 5.41) is 43.5. The zero-order valence-electron chi connectivity index (χ0n) is 32.2. The molecular weight excluding hydrogens is 598 g/mol. The molecule has 0 spiro atoms. The first-order valence-electron chi connectivity index (χ1n) is 21.0. The minimum Gasteiger partial charge on any atom is -0.394 e. The molecule has 0 aliphatic rings. The summed E-state index contributed by atoms with van der Waals surface area (Å²) >= 11 is 0. The van der Waals surface area contributed by atoms with Gasteiger partial charge in [0, 0.05) is 6.42 Å². The Morgan fingerprint density at radius 1 is 0.583 bits per heavy atom. The second-order valence-corrected chi connectivity index (χ2v) is 14.9. The third-order valence-electron chi connectivity index (χ3n) is 10.3. The van der Waals surface area contributed by atoms with Crippen molar-refractivity contribution in [3.63, 3.8) is 0 Å². The van der Waals surface area contributed by atoms with Gasteiger partial charge in [-0.2, -0.15) is 0 Å². The lowest BCUT2D eigenvalue weighted by Gasteiger charge is -2.27. The Balaban J connectivity index is 3.79. The quantitative estimate of drug-likeness (QED) is 0.0331. The van der Waals surface area contributed by atoms with Crippen molar-refractivity contribution < 1.29 is 25.2 Å². The van der Waals surface area contributed by atoms with Crippen LogP contribution in [0.5, 0.6) is 0 Å². The summed E-state index contributed by atoms with van der Waals surface area (Å²) < 4.78 is 0. The van der Waals surface area contributed by atoms with Gasteiger partial charge in [0.15, 0.2) is 0 Å². The summed E-state index contributed by atoms with van der Waals surface area (Å²) in [6.07, 6.45) is 36.8. The van der Waals surface area contributed by atoms with E-state index in [4.69, 9.17) is 0 Å². The Morgan fingerprint density at radius 3 is 1.44 bits per heavy atom. The van der Waals surface area contributed by atoms with Gasteiger partial charge in [-0.15, -0.1) is 0 Å². The molecular formula is C42H83NO5. The van der Waals surface area contributed by atoms with E-state index in [9.17, 15) is 25.2 Å².